The number of nitrogens with zero attached hydrogens (tertiary/aromatic N) is 2. The molecule has 0 aliphatic carbocycles. The molecule has 0 bridgehead atoms. The fourth-order valence-electron chi connectivity index (χ4n) is 4.80. The summed E-state index contributed by atoms with van der Waals surface area (Å²) in [5, 5.41) is 3.81. The molecule has 46 heavy (non-hydrogen) atoms. The number of benzene rings is 4. The molecule has 0 aromatic heterocycles. The molecule has 0 aliphatic rings. The van der Waals surface area contributed by atoms with Gasteiger partial charge < -0.3 is 10.2 Å². The van der Waals surface area contributed by atoms with Gasteiger partial charge in [-0.25, -0.2) is 8.42 Å². The van der Waals surface area contributed by atoms with Crippen molar-refractivity contribution in [3.8, 4) is 0 Å². The van der Waals surface area contributed by atoms with Gasteiger partial charge in [0.1, 0.15) is 12.6 Å². The summed E-state index contributed by atoms with van der Waals surface area (Å²) in [5.41, 5.74) is 2.27. The van der Waals surface area contributed by atoms with Gasteiger partial charge in [0, 0.05) is 24.0 Å². The van der Waals surface area contributed by atoms with Gasteiger partial charge in [0.25, 0.3) is 10.0 Å². The van der Waals surface area contributed by atoms with Crippen LogP contribution in [0.2, 0.25) is 20.1 Å². The minimum absolute atomic E-state index is 0.0174. The van der Waals surface area contributed by atoms with E-state index in [0.29, 0.717) is 10.6 Å². The second kappa shape index (κ2) is 15.5. The van der Waals surface area contributed by atoms with Gasteiger partial charge in [-0.2, -0.15) is 0 Å². The molecule has 242 valence electrons. The van der Waals surface area contributed by atoms with Gasteiger partial charge in [-0.05, 0) is 74.4 Å². The Balaban J connectivity index is 1.85. The molecule has 1 atom stereocenters. The zero-order valence-corrected chi connectivity index (χ0v) is 29.2. The highest BCUT2D eigenvalue weighted by Crippen LogP contribution is 2.34. The lowest BCUT2D eigenvalue weighted by Crippen LogP contribution is -2.54. The van der Waals surface area contributed by atoms with Crippen LogP contribution in [0.25, 0.3) is 0 Å². The first-order valence-corrected chi connectivity index (χ1v) is 17.3. The lowest BCUT2D eigenvalue weighted by Gasteiger charge is -2.34. The minimum Gasteiger partial charge on any atom is -0.352 e. The van der Waals surface area contributed by atoms with Crippen molar-refractivity contribution in [1.82, 2.24) is 10.2 Å². The molecule has 0 saturated carbocycles. The molecule has 4 aromatic rings. The van der Waals surface area contributed by atoms with Crippen LogP contribution in [-0.4, -0.2) is 43.8 Å². The highest BCUT2D eigenvalue weighted by Gasteiger charge is 2.35. The smallest absolute Gasteiger partial charge is 0.264 e. The molecule has 2 amide bonds. The summed E-state index contributed by atoms with van der Waals surface area (Å²) in [6, 6.07) is 23.5. The maximum atomic E-state index is 14.5. The van der Waals surface area contributed by atoms with Crippen molar-refractivity contribution in [3.05, 3.63) is 128 Å². The summed E-state index contributed by atoms with van der Waals surface area (Å²) in [6.45, 7) is 4.72. The zero-order valence-electron chi connectivity index (χ0n) is 25.4. The maximum absolute atomic E-state index is 14.5. The van der Waals surface area contributed by atoms with Gasteiger partial charge in [-0.3, -0.25) is 13.9 Å². The van der Waals surface area contributed by atoms with E-state index in [2.05, 4.69) is 5.32 Å². The summed E-state index contributed by atoms with van der Waals surface area (Å²) in [7, 11) is -4.34. The van der Waals surface area contributed by atoms with Crippen LogP contribution in [0.1, 0.15) is 30.5 Å². The van der Waals surface area contributed by atoms with Gasteiger partial charge >= 0.3 is 0 Å². The SMILES string of the molecule is Cc1ccc(S(=O)(=O)N(CC(=O)N(Cc2ccc(Cl)c(Cl)c2)[C@H](Cc2ccccc2)C(=O)NC(C)C)c2cc(Cl)ccc2Cl)cc1. The molecule has 1 N–H and O–H groups in total. The van der Waals surface area contributed by atoms with Crippen molar-refractivity contribution < 1.29 is 18.0 Å². The van der Waals surface area contributed by atoms with Crippen molar-refractivity contribution in [2.75, 3.05) is 10.8 Å². The van der Waals surface area contributed by atoms with E-state index >= 15 is 0 Å². The fraction of sp³-hybridized carbons (Fsp3) is 0.235. The number of hydrogen-bond donors (Lipinski definition) is 1. The van der Waals surface area contributed by atoms with Gasteiger partial charge in [0.2, 0.25) is 11.8 Å². The molecule has 0 unspecified atom stereocenters. The first-order chi connectivity index (χ1) is 21.8. The highest BCUT2D eigenvalue weighted by molar-refractivity contribution is 7.92. The third-order valence-electron chi connectivity index (χ3n) is 7.10. The van der Waals surface area contributed by atoms with Crippen molar-refractivity contribution in [2.24, 2.45) is 0 Å². The molecular weight excluding hydrogens is 688 g/mol. The van der Waals surface area contributed by atoms with E-state index in [1.54, 1.807) is 30.3 Å². The summed E-state index contributed by atoms with van der Waals surface area (Å²) < 4.78 is 29.3. The van der Waals surface area contributed by atoms with Gasteiger partial charge in [0.15, 0.2) is 0 Å². The number of carbonyl (C=O) groups excluding carboxylic acids is 2. The number of nitrogens with one attached hydrogen (secondary N) is 1. The van der Waals surface area contributed by atoms with Gasteiger partial charge in [-0.15, -0.1) is 0 Å². The number of rotatable bonds is 12. The molecular formula is C34H33Cl4N3O4S. The summed E-state index contributed by atoms with van der Waals surface area (Å²) >= 11 is 25.3. The quantitative estimate of drug-likeness (QED) is 0.161. The number of hydrogen-bond acceptors (Lipinski definition) is 4. The normalized spacial score (nSPS) is 12.1. The average Bonchev–Trinajstić information content (AvgIpc) is 3.01. The standard InChI is InChI=1S/C34H33Cl4N3O4S/c1-22(2)39-34(43)32(18-24-7-5-4-6-8-24)40(20-25-11-15-28(36)30(38)17-25)33(42)21-41(31-19-26(35)12-16-29(31)37)46(44,45)27-13-9-23(3)10-14-27/h4-17,19,22,32H,18,20-21H2,1-3H3,(H,39,43)/t32-/m1/s1. The Bertz CT molecular complexity index is 1800. The summed E-state index contributed by atoms with van der Waals surface area (Å²) in [5.74, 6) is -1.06. The Morgan fingerprint density at radius 3 is 2.07 bits per heavy atom. The summed E-state index contributed by atoms with van der Waals surface area (Å²) in [6.07, 6.45) is 0.162. The first-order valence-electron chi connectivity index (χ1n) is 14.4. The number of aryl methyl sites for hydroxylation is 1. The van der Waals surface area contributed by atoms with Crippen LogP contribution in [0.15, 0.2) is 95.9 Å². The second-order valence-electron chi connectivity index (χ2n) is 11.1. The van der Waals surface area contributed by atoms with Crippen LogP contribution >= 0.6 is 46.4 Å². The second-order valence-corrected chi connectivity index (χ2v) is 14.6. The van der Waals surface area contributed by atoms with E-state index in [0.717, 1.165) is 15.4 Å². The van der Waals surface area contributed by atoms with E-state index in [1.165, 1.54) is 35.2 Å². The lowest BCUT2D eigenvalue weighted by molar-refractivity contribution is -0.140. The Kier molecular flexibility index (Phi) is 12.0. The van der Waals surface area contributed by atoms with Crippen LogP contribution in [0.3, 0.4) is 0 Å². The van der Waals surface area contributed by atoms with Crippen LogP contribution < -0.4 is 9.62 Å². The van der Waals surface area contributed by atoms with Gasteiger partial charge in [0.05, 0.1) is 25.7 Å². The highest BCUT2D eigenvalue weighted by atomic mass is 35.5. The number of anilines is 1. The number of sulfonamides is 1. The third-order valence-corrected chi connectivity index (χ3v) is 10.2. The van der Waals surface area contributed by atoms with E-state index in [1.807, 2.05) is 51.1 Å². The Hall–Kier alpha value is -3.27. The molecule has 4 aromatic carbocycles. The molecule has 0 aliphatic heterocycles. The fourth-order valence-corrected chi connectivity index (χ4v) is 6.98. The van der Waals surface area contributed by atoms with E-state index in [-0.39, 0.29) is 44.7 Å². The predicted molar refractivity (Wildman–Crippen MR) is 186 cm³/mol. The largest absolute Gasteiger partial charge is 0.352 e. The van der Waals surface area contributed by atoms with Crippen molar-refractivity contribution in [1.29, 1.82) is 0 Å². The molecule has 0 radical (unpaired) electrons. The molecule has 0 spiro atoms. The Labute approximate surface area is 290 Å². The molecule has 0 saturated heterocycles. The van der Waals surface area contributed by atoms with Crippen LogP contribution in [0.4, 0.5) is 5.69 Å². The van der Waals surface area contributed by atoms with Crippen LogP contribution in [-0.2, 0) is 32.6 Å². The van der Waals surface area contributed by atoms with Crippen LogP contribution in [0, 0.1) is 6.92 Å². The van der Waals surface area contributed by atoms with Crippen molar-refractivity contribution >= 4 is 73.9 Å². The van der Waals surface area contributed by atoms with Crippen molar-refractivity contribution in [3.63, 3.8) is 0 Å². The predicted octanol–water partition coefficient (Wildman–Crippen LogP) is 7.97. The van der Waals surface area contributed by atoms with Crippen LogP contribution in [0.5, 0.6) is 0 Å². The molecule has 4 rings (SSSR count). The number of amides is 2. The van der Waals surface area contributed by atoms with E-state index in [9.17, 15) is 18.0 Å². The molecule has 12 heteroatoms. The maximum Gasteiger partial charge on any atom is 0.264 e. The average molecular weight is 722 g/mol. The third kappa shape index (κ3) is 8.96. The first kappa shape index (κ1) is 35.6. The Morgan fingerprint density at radius 1 is 0.783 bits per heavy atom. The zero-order chi connectivity index (χ0) is 33.6. The van der Waals surface area contributed by atoms with Crippen molar-refractivity contribution in [2.45, 2.75) is 50.7 Å². The monoisotopic (exact) mass is 719 g/mol. The lowest BCUT2D eigenvalue weighted by atomic mass is 10.0. The van der Waals surface area contributed by atoms with Gasteiger partial charge in [-0.1, -0.05) is 100 Å². The molecule has 7 nitrogen and oxygen atoms in total. The summed E-state index contributed by atoms with van der Waals surface area (Å²) in [4.78, 5) is 29.7. The van der Waals surface area contributed by atoms with E-state index in [4.69, 9.17) is 46.4 Å². The molecule has 0 fully saturated rings. The minimum atomic E-state index is -4.34. The Morgan fingerprint density at radius 2 is 1.43 bits per heavy atom. The molecule has 0 heterocycles. The van der Waals surface area contributed by atoms with E-state index < -0.39 is 34.4 Å². The number of halogens is 4. The topological polar surface area (TPSA) is 86.8 Å². The number of carbonyl (C=O) groups is 2.